The molecule has 2 rings (SSSR count). The maximum atomic E-state index is 13.1. The molecule has 2 aromatic rings. The standard InChI is InChI=1S/C10H10FN3/c1-14-6-7(5-13-14)8-3-2-4-9(11)10(8)12/h2-6H,12H2,1H3. The number of para-hydroxylation sites is 1. The highest BCUT2D eigenvalue weighted by Gasteiger charge is 2.07. The lowest BCUT2D eigenvalue weighted by Gasteiger charge is -2.02. The van der Waals surface area contributed by atoms with Crippen molar-refractivity contribution in [2.45, 2.75) is 0 Å². The second-order valence-corrected chi connectivity index (χ2v) is 3.10. The number of hydrogen-bond donors (Lipinski definition) is 1. The molecule has 0 bridgehead atoms. The predicted octanol–water partition coefficient (Wildman–Crippen LogP) is 1.81. The Balaban J connectivity index is 2.57. The summed E-state index contributed by atoms with van der Waals surface area (Å²) in [5.41, 5.74) is 7.28. The Kier molecular flexibility index (Phi) is 1.96. The molecule has 0 saturated heterocycles. The van der Waals surface area contributed by atoms with Crippen molar-refractivity contribution < 1.29 is 4.39 Å². The van der Waals surface area contributed by atoms with Crippen LogP contribution in [-0.4, -0.2) is 9.78 Å². The molecule has 0 aliphatic carbocycles. The lowest BCUT2D eigenvalue weighted by Crippen LogP contribution is -1.93. The summed E-state index contributed by atoms with van der Waals surface area (Å²) in [6, 6.07) is 4.75. The summed E-state index contributed by atoms with van der Waals surface area (Å²) in [6.07, 6.45) is 3.45. The first kappa shape index (κ1) is 8.74. The van der Waals surface area contributed by atoms with Crippen molar-refractivity contribution >= 4 is 5.69 Å². The summed E-state index contributed by atoms with van der Waals surface area (Å²) in [5, 5.41) is 4.00. The third kappa shape index (κ3) is 1.35. The summed E-state index contributed by atoms with van der Waals surface area (Å²) < 4.78 is 14.8. The van der Waals surface area contributed by atoms with Crippen LogP contribution < -0.4 is 5.73 Å². The fraction of sp³-hybridized carbons (Fsp3) is 0.100. The van der Waals surface area contributed by atoms with E-state index in [9.17, 15) is 4.39 Å². The van der Waals surface area contributed by atoms with E-state index in [1.807, 2.05) is 0 Å². The monoisotopic (exact) mass is 191 g/mol. The van der Waals surface area contributed by atoms with Gasteiger partial charge in [-0.05, 0) is 6.07 Å². The molecule has 0 spiro atoms. The van der Waals surface area contributed by atoms with Gasteiger partial charge >= 0.3 is 0 Å². The van der Waals surface area contributed by atoms with Gasteiger partial charge in [-0.2, -0.15) is 5.10 Å². The molecular formula is C10H10FN3. The zero-order valence-electron chi connectivity index (χ0n) is 7.74. The third-order valence-corrected chi connectivity index (χ3v) is 2.07. The van der Waals surface area contributed by atoms with E-state index in [4.69, 9.17) is 5.73 Å². The van der Waals surface area contributed by atoms with E-state index in [0.29, 0.717) is 5.56 Å². The van der Waals surface area contributed by atoms with E-state index < -0.39 is 5.82 Å². The maximum Gasteiger partial charge on any atom is 0.146 e. The third-order valence-electron chi connectivity index (χ3n) is 2.07. The summed E-state index contributed by atoms with van der Waals surface area (Å²) in [5.74, 6) is -0.397. The smallest absolute Gasteiger partial charge is 0.146 e. The van der Waals surface area contributed by atoms with E-state index in [1.54, 1.807) is 36.3 Å². The maximum absolute atomic E-state index is 13.1. The SMILES string of the molecule is Cn1cc(-c2cccc(F)c2N)cn1. The molecule has 2 N–H and O–H groups in total. The Morgan fingerprint density at radius 2 is 2.21 bits per heavy atom. The molecule has 3 nitrogen and oxygen atoms in total. The van der Waals surface area contributed by atoms with Crippen LogP contribution in [0.15, 0.2) is 30.6 Å². The summed E-state index contributed by atoms with van der Waals surface area (Å²) in [7, 11) is 1.80. The number of halogens is 1. The Hall–Kier alpha value is -1.84. The Morgan fingerprint density at radius 3 is 2.86 bits per heavy atom. The summed E-state index contributed by atoms with van der Waals surface area (Å²) in [4.78, 5) is 0. The normalized spacial score (nSPS) is 10.4. The highest BCUT2D eigenvalue weighted by Crippen LogP contribution is 2.26. The van der Waals surface area contributed by atoms with Gasteiger partial charge in [-0.3, -0.25) is 4.68 Å². The van der Waals surface area contributed by atoms with Gasteiger partial charge < -0.3 is 5.73 Å². The number of benzene rings is 1. The molecule has 1 aromatic heterocycles. The number of rotatable bonds is 1. The van der Waals surface area contributed by atoms with Crippen LogP contribution in [-0.2, 0) is 7.05 Å². The molecule has 72 valence electrons. The van der Waals surface area contributed by atoms with Gasteiger partial charge in [-0.1, -0.05) is 12.1 Å². The van der Waals surface area contributed by atoms with Crippen LogP contribution in [0.4, 0.5) is 10.1 Å². The van der Waals surface area contributed by atoms with Gasteiger partial charge in [0.05, 0.1) is 11.9 Å². The van der Waals surface area contributed by atoms with Gasteiger partial charge in [-0.25, -0.2) is 4.39 Å². The van der Waals surface area contributed by atoms with Crippen molar-refractivity contribution in [1.82, 2.24) is 9.78 Å². The highest BCUT2D eigenvalue weighted by molar-refractivity contribution is 5.75. The van der Waals surface area contributed by atoms with Crippen LogP contribution in [0.3, 0.4) is 0 Å². The van der Waals surface area contributed by atoms with Gasteiger partial charge in [0.2, 0.25) is 0 Å². The van der Waals surface area contributed by atoms with E-state index in [0.717, 1.165) is 5.56 Å². The van der Waals surface area contributed by atoms with Crippen LogP contribution in [0, 0.1) is 5.82 Å². The minimum absolute atomic E-state index is 0.167. The number of nitrogens with two attached hydrogens (primary N) is 1. The van der Waals surface area contributed by atoms with Gasteiger partial charge in [0.1, 0.15) is 5.82 Å². The lowest BCUT2D eigenvalue weighted by molar-refractivity contribution is 0.633. The molecule has 4 heteroatoms. The molecule has 0 atom stereocenters. The first-order chi connectivity index (χ1) is 6.68. The van der Waals surface area contributed by atoms with Gasteiger partial charge in [0, 0.05) is 24.4 Å². The molecule has 0 saturated carbocycles. The molecule has 0 radical (unpaired) electrons. The van der Waals surface area contributed by atoms with Crippen molar-refractivity contribution in [2.24, 2.45) is 7.05 Å². The fourth-order valence-electron chi connectivity index (χ4n) is 1.35. The zero-order chi connectivity index (χ0) is 10.1. The molecule has 1 heterocycles. The van der Waals surface area contributed by atoms with E-state index >= 15 is 0 Å². The molecule has 14 heavy (non-hydrogen) atoms. The Labute approximate surface area is 81.0 Å². The summed E-state index contributed by atoms with van der Waals surface area (Å²) >= 11 is 0. The van der Waals surface area contributed by atoms with E-state index in [1.165, 1.54) is 6.07 Å². The van der Waals surface area contributed by atoms with Crippen LogP contribution in [0.2, 0.25) is 0 Å². The van der Waals surface area contributed by atoms with Gasteiger partial charge in [0.15, 0.2) is 0 Å². The van der Waals surface area contributed by atoms with Crippen LogP contribution in [0.5, 0.6) is 0 Å². The molecular weight excluding hydrogens is 181 g/mol. The quantitative estimate of drug-likeness (QED) is 0.698. The Morgan fingerprint density at radius 1 is 1.43 bits per heavy atom. The van der Waals surface area contributed by atoms with Crippen molar-refractivity contribution in [3.8, 4) is 11.1 Å². The average molecular weight is 191 g/mol. The highest BCUT2D eigenvalue weighted by atomic mass is 19.1. The van der Waals surface area contributed by atoms with E-state index in [2.05, 4.69) is 5.10 Å². The van der Waals surface area contributed by atoms with Crippen molar-refractivity contribution in [1.29, 1.82) is 0 Å². The predicted molar refractivity (Wildman–Crippen MR) is 53.0 cm³/mol. The second kappa shape index (κ2) is 3.14. The molecule has 0 amide bonds. The van der Waals surface area contributed by atoms with Crippen LogP contribution in [0.25, 0.3) is 11.1 Å². The topological polar surface area (TPSA) is 43.8 Å². The van der Waals surface area contributed by atoms with Gasteiger partial charge in [0.25, 0.3) is 0 Å². The molecule has 0 aliphatic heterocycles. The summed E-state index contributed by atoms with van der Waals surface area (Å²) in [6.45, 7) is 0. The largest absolute Gasteiger partial charge is 0.396 e. The lowest BCUT2D eigenvalue weighted by atomic mass is 10.1. The van der Waals surface area contributed by atoms with Crippen LogP contribution in [0.1, 0.15) is 0 Å². The number of aromatic nitrogens is 2. The minimum Gasteiger partial charge on any atom is -0.396 e. The number of anilines is 1. The number of nitrogens with zero attached hydrogens (tertiary/aromatic N) is 2. The fourth-order valence-corrected chi connectivity index (χ4v) is 1.35. The molecule has 0 unspecified atom stereocenters. The number of nitrogen functional groups attached to an aromatic ring is 1. The van der Waals surface area contributed by atoms with Crippen LogP contribution >= 0.6 is 0 Å². The zero-order valence-corrected chi connectivity index (χ0v) is 7.74. The van der Waals surface area contributed by atoms with Crippen molar-refractivity contribution in [2.75, 3.05) is 5.73 Å². The van der Waals surface area contributed by atoms with E-state index in [-0.39, 0.29) is 5.69 Å². The average Bonchev–Trinajstić information content (AvgIpc) is 2.57. The number of hydrogen-bond acceptors (Lipinski definition) is 2. The minimum atomic E-state index is -0.397. The molecule has 1 aromatic carbocycles. The first-order valence-corrected chi connectivity index (χ1v) is 4.21. The van der Waals surface area contributed by atoms with Crippen molar-refractivity contribution in [3.05, 3.63) is 36.4 Å². The first-order valence-electron chi connectivity index (χ1n) is 4.21. The number of aryl methyl sites for hydroxylation is 1. The molecule has 0 aliphatic rings. The Bertz CT molecular complexity index is 462. The van der Waals surface area contributed by atoms with Gasteiger partial charge in [-0.15, -0.1) is 0 Å². The molecule has 0 fully saturated rings. The second-order valence-electron chi connectivity index (χ2n) is 3.10. The van der Waals surface area contributed by atoms with Crippen molar-refractivity contribution in [3.63, 3.8) is 0 Å².